The van der Waals surface area contributed by atoms with Gasteiger partial charge in [-0.1, -0.05) is 48.0 Å². The van der Waals surface area contributed by atoms with E-state index in [0.717, 1.165) is 11.1 Å². The molecular formula is C18H21NO4S. The molecule has 1 fully saturated rings. The van der Waals surface area contributed by atoms with Gasteiger partial charge in [0.25, 0.3) is 0 Å². The molecule has 0 atom stereocenters. The first-order valence-electron chi connectivity index (χ1n) is 7.92. The summed E-state index contributed by atoms with van der Waals surface area (Å²) in [6.07, 6.45) is -0.449. The fraction of sp³-hybridized carbons (Fsp3) is 0.333. The number of aryl methyl sites for hydroxylation is 1. The molecule has 24 heavy (non-hydrogen) atoms. The molecular weight excluding hydrogens is 326 g/mol. The summed E-state index contributed by atoms with van der Waals surface area (Å²) in [6.45, 7) is 3.11. The van der Waals surface area contributed by atoms with E-state index in [-0.39, 0.29) is 13.2 Å². The first-order valence-corrected chi connectivity index (χ1v) is 9.36. The number of hydrogen-bond acceptors (Lipinski definition) is 4. The summed E-state index contributed by atoms with van der Waals surface area (Å²) in [5.74, 6) is 0. The van der Waals surface area contributed by atoms with E-state index in [4.69, 9.17) is 9.47 Å². The largest absolute Gasteiger partial charge is 0.347 e. The summed E-state index contributed by atoms with van der Waals surface area (Å²) < 4.78 is 38.3. The van der Waals surface area contributed by atoms with E-state index in [0.29, 0.717) is 18.0 Å². The lowest BCUT2D eigenvalue weighted by molar-refractivity contribution is -0.158. The third-order valence-corrected chi connectivity index (χ3v) is 5.86. The monoisotopic (exact) mass is 347 g/mol. The van der Waals surface area contributed by atoms with Crippen LogP contribution < -0.4 is 0 Å². The van der Waals surface area contributed by atoms with E-state index in [1.165, 1.54) is 4.31 Å². The lowest BCUT2D eigenvalue weighted by atomic mass is 10.2. The molecule has 0 aromatic heterocycles. The minimum absolute atomic E-state index is 0.282. The highest BCUT2D eigenvalue weighted by atomic mass is 32.2. The van der Waals surface area contributed by atoms with Crippen LogP contribution in [0.25, 0.3) is 0 Å². The van der Waals surface area contributed by atoms with Crippen LogP contribution in [0.5, 0.6) is 0 Å². The van der Waals surface area contributed by atoms with Crippen molar-refractivity contribution in [1.29, 1.82) is 0 Å². The minimum atomic E-state index is -3.53. The molecule has 5 nitrogen and oxygen atoms in total. The molecule has 1 aliphatic heterocycles. The maximum absolute atomic E-state index is 12.7. The van der Waals surface area contributed by atoms with E-state index < -0.39 is 16.3 Å². The van der Waals surface area contributed by atoms with Crippen molar-refractivity contribution in [3.05, 3.63) is 65.7 Å². The lowest BCUT2D eigenvalue weighted by Crippen LogP contribution is -2.39. The normalized spacial score (nSPS) is 18.0. The molecule has 0 spiro atoms. The molecule has 6 heteroatoms. The number of sulfonamides is 1. The van der Waals surface area contributed by atoms with Crippen molar-refractivity contribution in [2.24, 2.45) is 0 Å². The second-order valence-electron chi connectivity index (χ2n) is 5.70. The number of benzene rings is 2. The molecule has 1 heterocycles. The standard InChI is InChI=1S/C18H21NO4S/c1-15-7-9-17(10-8-15)24(20,21)19-11-13-22-18(23-14-12-19)16-5-3-2-4-6-16/h2-10,18H,11-14H2,1H3. The third kappa shape index (κ3) is 3.84. The Morgan fingerprint density at radius 2 is 1.50 bits per heavy atom. The van der Waals surface area contributed by atoms with Crippen molar-refractivity contribution in [2.45, 2.75) is 18.1 Å². The van der Waals surface area contributed by atoms with Crippen LogP contribution in [-0.2, 0) is 19.5 Å². The van der Waals surface area contributed by atoms with Crippen molar-refractivity contribution >= 4 is 10.0 Å². The van der Waals surface area contributed by atoms with Crippen molar-refractivity contribution in [3.63, 3.8) is 0 Å². The van der Waals surface area contributed by atoms with Gasteiger partial charge in [-0.15, -0.1) is 0 Å². The number of rotatable bonds is 3. The first kappa shape index (κ1) is 17.1. The smallest absolute Gasteiger partial charge is 0.243 e. The molecule has 0 unspecified atom stereocenters. The topological polar surface area (TPSA) is 55.8 Å². The number of hydrogen-bond donors (Lipinski definition) is 0. The van der Waals surface area contributed by atoms with Crippen molar-refractivity contribution in [2.75, 3.05) is 26.3 Å². The maximum atomic E-state index is 12.7. The molecule has 0 radical (unpaired) electrons. The van der Waals surface area contributed by atoms with Crippen LogP contribution in [0.1, 0.15) is 17.4 Å². The Labute approximate surface area is 142 Å². The van der Waals surface area contributed by atoms with Crippen molar-refractivity contribution < 1.29 is 17.9 Å². The zero-order valence-electron chi connectivity index (χ0n) is 13.6. The van der Waals surface area contributed by atoms with E-state index in [9.17, 15) is 8.42 Å². The quantitative estimate of drug-likeness (QED) is 0.857. The molecule has 2 aromatic carbocycles. The average molecular weight is 347 g/mol. The Morgan fingerprint density at radius 3 is 2.08 bits per heavy atom. The van der Waals surface area contributed by atoms with Gasteiger partial charge in [0.15, 0.2) is 6.29 Å². The molecule has 0 saturated carbocycles. The molecule has 3 rings (SSSR count). The maximum Gasteiger partial charge on any atom is 0.243 e. The SMILES string of the molecule is Cc1ccc(S(=O)(=O)N2CCOC(c3ccccc3)OCC2)cc1. The minimum Gasteiger partial charge on any atom is -0.347 e. The summed E-state index contributed by atoms with van der Waals surface area (Å²) in [5.41, 5.74) is 1.96. The van der Waals surface area contributed by atoms with Crippen molar-refractivity contribution in [3.8, 4) is 0 Å². The van der Waals surface area contributed by atoms with E-state index in [1.54, 1.807) is 24.3 Å². The molecule has 0 bridgehead atoms. The number of ether oxygens (including phenoxy) is 2. The van der Waals surface area contributed by atoms with Crippen LogP contribution in [-0.4, -0.2) is 39.0 Å². The Morgan fingerprint density at radius 1 is 0.917 bits per heavy atom. The van der Waals surface area contributed by atoms with Gasteiger partial charge in [-0.05, 0) is 19.1 Å². The second kappa shape index (κ2) is 7.44. The lowest BCUT2D eigenvalue weighted by Gasteiger charge is -2.28. The first-order chi connectivity index (χ1) is 11.6. The Kier molecular flexibility index (Phi) is 5.30. The molecule has 1 aliphatic rings. The van der Waals surface area contributed by atoms with Gasteiger partial charge >= 0.3 is 0 Å². The van der Waals surface area contributed by atoms with Crippen LogP contribution in [0.4, 0.5) is 0 Å². The number of nitrogens with zero attached hydrogens (tertiary/aromatic N) is 1. The van der Waals surface area contributed by atoms with Crippen molar-refractivity contribution in [1.82, 2.24) is 4.31 Å². The van der Waals surface area contributed by atoms with E-state index in [2.05, 4.69) is 0 Å². The Bertz CT molecular complexity index is 749. The predicted molar refractivity (Wildman–Crippen MR) is 91.0 cm³/mol. The van der Waals surface area contributed by atoms with Crippen LogP contribution in [0.15, 0.2) is 59.5 Å². The summed E-state index contributed by atoms with van der Waals surface area (Å²) in [7, 11) is -3.53. The van der Waals surface area contributed by atoms with Crippen LogP contribution >= 0.6 is 0 Å². The van der Waals surface area contributed by atoms with Gasteiger partial charge in [-0.2, -0.15) is 4.31 Å². The van der Waals surface area contributed by atoms with Crippen LogP contribution in [0.3, 0.4) is 0 Å². The van der Waals surface area contributed by atoms with Gasteiger partial charge in [-0.25, -0.2) is 8.42 Å². The highest BCUT2D eigenvalue weighted by Gasteiger charge is 2.26. The molecule has 0 aliphatic carbocycles. The van der Waals surface area contributed by atoms with Gasteiger partial charge in [0.05, 0.1) is 18.1 Å². The molecule has 1 saturated heterocycles. The summed E-state index contributed by atoms with van der Waals surface area (Å²) >= 11 is 0. The Hall–Kier alpha value is -1.73. The fourth-order valence-corrected chi connectivity index (χ4v) is 3.99. The second-order valence-corrected chi connectivity index (χ2v) is 7.64. The average Bonchev–Trinajstić information content (AvgIpc) is 2.55. The molecule has 0 N–H and O–H groups in total. The summed E-state index contributed by atoms with van der Waals surface area (Å²) in [6, 6.07) is 16.5. The highest BCUT2D eigenvalue weighted by molar-refractivity contribution is 7.89. The van der Waals surface area contributed by atoms with E-state index in [1.807, 2.05) is 37.3 Å². The van der Waals surface area contributed by atoms with Crippen LogP contribution in [0.2, 0.25) is 0 Å². The highest BCUT2D eigenvalue weighted by Crippen LogP contribution is 2.22. The van der Waals surface area contributed by atoms with Gasteiger partial charge in [0.1, 0.15) is 0 Å². The zero-order valence-corrected chi connectivity index (χ0v) is 14.4. The summed E-state index contributed by atoms with van der Waals surface area (Å²) in [4.78, 5) is 0.299. The van der Waals surface area contributed by atoms with Crippen LogP contribution in [0, 0.1) is 6.92 Å². The zero-order chi connectivity index (χ0) is 17.0. The molecule has 2 aromatic rings. The van der Waals surface area contributed by atoms with Gasteiger partial charge in [-0.3, -0.25) is 0 Å². The molecule has 128 valence electrons. The third-order valence-electron chi connectivity index (χ3n) is 3.95. The predicted octanol–water partition coefficient (Wildman–Crippen LogP) is 2.73. The fourth-order valence-electron chi connectivity index (χ4n) is 2.59. The van der Waals surface area contributed by atoms with Gasteiger partial charge < -0.3 is 9.47 Å². The Balaban J connectivity index is 1.69. The summed E-state index contributed by atoms with van der Waals surface area (Å²) in [5, 5.41) is 0. The van der Waals surface area contributed by atoms with Gasteiger partial charge in [0, 0.05) is 18.7 Å². The van der Waals surface area contributed by atoms with E-state index >= 15 is 0 Å². The molecule has 0 amide bonds. The van der Waals surface area contributed by atoms with Gasteiger partial charge in [0.2, 0.25) is 10.0 Å².